The van der Waals surface area contributed by atoms with Gasteiger partial charge in [-0.2, -0.15) is 0 Å². The molecule has 0 N–H and O–H groups in total. The number of thioether (sulfide) groups is 1. The SMILES string of the molecule is CCCN(CCC[N+](C)(C)C)c1cc(/C=C2\Sc3cccc4c3N2CCC4)c2ccc(-c3ccccc3OC)cc2n1. The van der Waals surface area contributed by atoms with Gasteiger partial charge in [0.15, 0.2) is 0 Å². The van der Waals surface area contributed by atoms with Gasteiger partial charge in [-0.15, -0.1) is 0 Å². The van der Waals surface area contributed by atoms with Gasteiger partial charge in [-0.3, -0.25) is 0 Å². The van der Waals surface area contributed by atoms with E-state index in [-0.39, 0.29) is 0 Å². The summed E-state index contributed by atoms with van der Waals surface area (Å²) in [5.41, 5.74) is 7.36. The predicted molar refractivity (Wildman–Crippen MR) is 180 cm³/mol. The van der Waals surface area contributed by atoms with Crippen LogP contribution in [-0.4, -0.2) is 63.9 Å². The smallest absolute Gasteiger partial charge is 0.129 e. The number of pyridine rings is 1. The molecule has 3 aromatic carbocycles. The Morgan fingerprint density at radius 1 is 1.02 bits per heavy atom. The zero-order chi connectivity index (χ0) is 29.3. The Bertz CT molecular complexity index is 1620. The fraction of sp³-hybridized carbons (Fsp3) is 0.361. The average Bonchev–Trinajstić information content (AvgIpc) is 3.34. The van der Waals surface area contributed by atoms with Crippen molar-refractivity contribution < 1.29 is 9.22 Å². The molecular formula is C36H43N4OS+. The van der Waals surface area contributed by atoms with E-state index in [4.69, 9.17) is 9.72 Å². The van der Waals surface area contributed by atoms with Gasteiger partial charge in [0.2, 0.25) is 0 Å². The summed E-state index contributed by atoms with van der Waals surface area (Å²) < 4.78 is 6.68. The second kappa shape index (κ2) is 12.0. The van der Waals surface area contributed by atoms with Gasteiger partial charge in [-0.25, -0.2) is 4.98 Å². The number of para-hydroxylation sites is 2. The first kappa shape index (κ1) is 28.6. The molecule has 2 aliphatic heterocycles. The lowest BCUT2D eigenvalue weighted by Crippen LogP contribution is -2.37. The van der Waals surface area contributed by atoms with Gasteiger partial charge in [0.25, 0.3) is 0 Å². The number of hydrogen-bond acceptors (Lipinski definition) is 5. The van der Waals surface area contributed by atoms with E-state index in [0.29, 0.717) is 0 Å². The molecule has 0 bridgehead atoms. The summed E-state index contributed by atoms with van der Waals surface area (Å²) in [4.78, 5) is 11.7. The van der Waals surface area contributed by atoms with Crippen molar-refractivity contribution in [2.75, 3.05) is 64.2 Å². The standard InChI is InChI=1S/C36H43N4OS/c1-6-19-38(20-11-22-40(2,3)4)34-24-28(25-35-39-21-10-13-26-12-9-16-33(42-35)36(26)39)29-18-17-27(23-31(29)37-34)30-14-7-8-15-32(30)41-5/h7-9,12,14-18,23-25H,6,10-11,13,19-22H2,1-5H3/q+1/b35-25-. The van der Waals surface area contributed by atoms with Crippen LogP contribution >= 0.6 is 11.8 Å². The van der Waals surface area contributed by atoms with Crippen molar-refractivity contribution in [2.45, 2.75) is 37.5 Å². The van der Waals surface area contributed by atoms with Crippen molar-refractivity contribution in [2.24, 2.45) is 0 Å². The van der Waals surface area contributed by atoms with E-state index in [9.17, 15) is 0 Å². The van der Waals surface area contributed by atoms with Crippen LogP contribution in [0.25, 0.3) is 28.1 Å². The third-order valence-electron chi connectivity index (χ3n) is 8.26. The van der Waals surface area contributed by atoms with E-state index in [1.807, 2.05) is 23.9 Å². The molecule has 2 aliphatic rings. The maximum absolute atomic E-state index is 5.71. The summed E-state index contributed by atoms with van der Waals surface area (Å²) in [6.07, 6.45) is 6.98. The fourth-order valence-corrected chi connectivity index (χ4v) is 7.43. The lowest BCUT2D eigenvalue weighted by Gasteiger charge is -2.28. The Kier molecular flexibility index (Phi) is 8.19. The molecule has 0 radical (unpaired) electrons. The van der Waals surface area contributed by atoms with Crippen LogP contribution in [0.1, 0.15) is 37.3 Å². The third kappa shape index (κ3) is 5.88. The minimum atomic E-state index is 0.879. The number of ether oxygens (including phenoxy) is 1. The number of anilines is 2. The van der Waals surface area contributed by atoms with Crippen molar-refractivity contribution in [3.8, 4) is 16.9 Å². The van der Waals surface area contributed by atoms with Gasteiger partial charge >= 0.3 is 0 Å². The molecule has 0 aliphatic carbocycles. The average molecular weight is 580 g/mol. The zero-order valence-corrected chi connectivity index (χ0v) is 26.5. The molecule has 0 saturated carbocycles. The van der Waals surface area contributed by atoms with E-state index >= 15 is 0 Å². The topological polar surface area (TPSA) is 28.6 Å². The molecule has 0 fully saturated rings. The third-order valence-corrected chi connectivity index (χ3v) is 9.36. The molecule has 0 spiro atoms. The van der Waals surface area contributed by atoms with Crippen LogP contribution in [0, 0.1) is 0 Å². The number of aryl methyl sites for hydroxylation is 1. The second-order valence-electron chi connectivity index (χ2n) is 12.5. The van der Waals surface area contributed by atoms with Crippen molar-refractivity contribution >= 4 is 40.2 Å². The highest BCUT2D eigenvalue weighted by Crippen LogP contribution is 2.50. The highest BCUT2D eigenvalue weighted by molar-refractivity contribution is 8.03. The number of fused-ring (bicyclic) bond motifs is 1. The first-order chi connectivity index (χ1) is 20.3. The number of methoxy groups -OCH3 is 1. The van der Waals surface area contributed by atoms with Gasteiger partial charge in [-0.1, -0.05) is 61.2 Å². The van der Waals surface area contributed by atoms with Gasteiger partial charge in [0.05, 0.1) is 51.0 Å². The van der Waals surface area contributed by atoms with E-state index in [1.165, 1.54) is 45.0 Å². The maximum atomic E-state index is 5.71. The van der Waals surface area contributed by atoms with Crippen LogP contribution in [-0.2, 0) is 6.42 Å². The van der Waals surface area contributed by atoms with Crippen molar-refractivity contribution in [1.82, 2.24) is 4.98 Å². The van der Waals surface area contributed by atoms with E-state index in [0.717, 1.165) is 71.7 Å². The highest BCUT2D eigenvalue weighted by Gasteiger charge is 2.30. The number of nitrogens with zero attached hydrogens (tertiary/aromatic N) is 4. The number of hydrogen-bond donors (Lipinski definition) is 0. The largest absolute Gasteiger partial charge is 0.496 e. The van der Waals surface area contributed by atoms with Gasteiger partial charge in [0.1, 0.15) is 11.6 Å². The maximum Gasteiger partial charge on any atom is 0.129 e. The summed E-state index contributed by atoms with van der Waals surface area (Å²) in [5, 5.41) is 2.50. The van der Waals surface area contributed by atoms with Crippen LogP contribution in [0.15, 0.2) is 76.7 Å². The van der Waals surface area contributed by atoms with Crippen LogP contribution in [0.5, 0.6) is 5.75 Å². The summed E-state index contributed by atoms with van der Waals surface area (Å²) in [6.45, 7) is 6.46. The Morgan fingerprint density at radius 3 is 2.69 bits per heavy atom. The Morgan fingerprint density at radius 2 is 1.88 bits per heavy atom. The Balaban J connectivity index is 1.46. The van der Waals surface area contributed by atoms with Crippen LogP contribution < -0.4 is 14.5 Å². The minimum absolute atomic E-state index is 0.879. The molecule has 5 nitrogen and oxygen atoms in total. The molecule has 1 aromatic heterocycles. The number of rotatable bonds is 10. The summed E-state index contributed by atoms with van der Waals surface area (Å²) >= 11 is 1.91. The zero-order valence-electron chi connectivity index (χ0n) is 25.7. The minimum Gasteiger partial charge on any atom is -0.496 e. The molecule has 218 valence electrons. The first-order valence-corrected chi connectivity index (χ1v) is 16.1. The van der Waals surface area contributed by atoms with Gasteiger partial charge in [-0.05, 0) is 66.3 Å². The summed E-state index contributed by atoms with van der Waals surface area (Å²) in [5.74, 6) is 1.94. The van der Waals surface area contributed by atoms with E-state index < -0.39 is 0 Å². The Labute approximate surface area is 255 Å². The molecule has 6 rings (SSSR count). The molecule has 42 heavy (non-hydrogen) atoms. The van der Waals surface area contributed by atoms with Crippen LogP contribution in [0.2, 0.25) is 0 Å². The summed E-state index contributed by atoms with van der Waals surface area (Å²) in [7, 11) is 8.55. The first-order valence-electron chi connectivity index (χ1n) is 15.3. The molecule has 0 amide bonds. The number of aromatic nitrogens is 1. The molecule has 3 heterocycles. The lowest BCUT2D eigenvalue weighted by atomic mass is 10.00. The molecule has 0 atom stereocenters. The summed E-state index contributed by atoms with van der Waals surface area (Å²) in [6, 6.07) is 24.1. The van der Waals surface area contributed by atoms with Crippen LogP contribution in [0.4, 0.5) is 11.5 Å². The van der Waals surface area contributed by atoms with Crippen LogP contribution in [0.3, 0.4) is 0 Å². The van der Waals surface area contributed by atoms with Crippen molar-refractivity contribution in [1.29, 1.82) is 0 Å². The fourth-order valence-electron chi connectivity index (χ4n) is 6.25. The molecule has 0 unspecified atom stereocenters. The molecular weight excluding hydrogens is 536 g/mol. The predicted octanol–water partition coefficient (Wildman–Crippen LogP) is 8.08. The van der Waals surface area contributed by atoms with Crippen molar-refractivity contribution in [3.05, 3.63) is 82.9 Å². The van der Waals surface area contributed by atoms with Crippen molar-refractivity contribution in [3.63, 3.8) is 0 Å². The van der Waals surface area contributed by atoms with Gasteiger partial charge < -0.3 is 19.0 Å². The molecule has 4 aromatic rings. The van der Waals surface area contributed by atoms with Gasteiger partial charge in [0, 0.05) is 41.9 Å². The monoisotopic (exact) mass is 579 g/mol. The quantitative estimate of drug-likeness (QED) is 0.177. The van der Waals surface area contributed by atoms with E-state index in [1.54, 1.807) is 7.11 Å². The number of benzene rings is 3. The molecule has 0 saturated heterocycles. The Hall–Kier alpha value is -3.48. The second-order valence-corrected chi connectivity index (χ2v) is 13.5. The normalized spacial score (nSPS) is 15.4. The number of quaternary nitrogens is 1. The highest BCUT2D eigenvalue weighted by atomic mass is 32.2. The van der Waals surface area contributed by atoms with E-state index in [2.05, 4.69) is 98.5 Å². The molecule has 6 heteroatoms. The lowest BCUT2D eigenvalue weighted by molar-refractivity contribution is -0.870.